The summed E-state index contributed by atoms with van der Waals surface area (Å²) in [7, 11) is 0. The number of piperidine rings is 1. The summed E-state index contributed by atoms with van der Waals surface area (Å²) in [6.45, 7) is 3.11. The first-order chi connectivity index (χ1) is 10.2. The third kappa shape index (κ3) is 2.83. The van der Waals surface area contributed by atoms with E-state index in [1.54, 1.807) is 6.20 Å². The van der Waals surface area contributed by atoms with E-state index in [0.29, 0.717) is 23.5 Å². The van der Waals surface area contributed by atoms with Gasteiger partial charge in [0.2, 0.25) is 0 Å². The number of benzene rings is 1. The molecule has 2 heterocycles. The van der Waals surface area contributed by atoms with Crippen molar-refractivity contribution in [2.75, 3.05) is 6.54 Å². The summed E-state index contributed by atoms with van der Waals surface area (Å²) in [6, 6.07) is 4.43. The molecule has 0 bridgehead atoms. The number of hydrogen-bond acceptors (Lipinski definition) is 2. The molecule has 0 amide bonds. The molecule has 3 rings (SSSR count). The van der Waals surface area contributed by atoms with Crippen molar-refractivity contribution in [2.24, 2.45) is 0 Å². The van der Waals surface area contributed by atoms with Gasteiger partial charge in [0, 0.05) is 30.5 Å². The number of nitrogens with one attached hydrogen (secondary N) is 1. The molecule has 1 aliphatic heterocycles. The Labute approximate surface area is 123 Å². The smallest absolute Gasteiger partial charge is 0.143 e. The molecule has 21 heavy (non-hydrogen) atoms. The lowest BCUT2D eigenvalue weighted by molar-refractivity contribution is 0.297. The number of imidazole rings is 1. The predicted molar refractivity (Wildman–Crippen MR) is 77.9 cm³/mol. The molecular formula is C16H19F2N3. The van der Waals surface area contributed by atoms with Crippen molar-refractivity contribution in [3.05, 3.63) is 42.2 Å². The van der Waals surface area contributed by atoms with E-state index in [-0.39, 0.29) is 0 Å². The van der Waals surface area contributed by atoms with Crippen LogP contribution in [0.4, 0.5) is 8.78 Å². The number of hydrogen-bond donors (Lipinski definition) is 1. The van der Waals surface area contributed by atoms with Gasteiger partial charge in [-0.1, -0.05) is 6.92 Å². The first-order valence-corrected chi connectivity index (χ1v) is 7.40. The van der Waals surface area contributed by atoms with Crippen LogP contribution in [0.3, 0.4) is 0 Å². The minimum absolute atomic E-state index is 0.304. The number of aromatic nitrogens is 2. The molecule has 0 spiro atoms. The van der Waals surface area contributed by atoms with E-state index in [0.717, 1.165) is 31.9 Å². The van der Waals surface area contributed by atoms with Gasteiger partial charge in [-0.05, 0) is 37.9 Å². The highest BCUT2D eigenvalue weighted by Gasteiger charge is 2.24. The first-order valence-electron chi connectivity index (χ1n) is 7.40. The van der Waals surface area contributed by atoms with Crippen LogP contribution in [-0.2, 0) is 0 Å². The van der Waals surface area contributed by atoms with E-state index in [9.17, 15) is 8.78 Å². The molecule has 1 saturated heterocycles. The lowest BCUT2D eigenvalue weighted by atomic mass is 9.97. The summed E-state index contributed by atoms with van der Waals surface area (Å²) in [5, 5.41) is 3.48. The lowest BCUT2D eigenvalue weighted by Gasteiger charge is -2.31. The van der Waals surface area contributed by atoms with E-state index in [1.165, 1.54) is 12.1 Å². The zero-order chi connectivity index (χ0) is 14.8. The van der Waals surface area contributed by atoms with Gasteiger partial charge in [-0.2, -0.15) is 0 Å². The Bertz CT molecular complexity index is 624. The molecule has 0 saturated carbocycles. The van der Waals surface area contributed by atoms with Crippen LogP contribution in [0.2, 0.25) is 0 Å². The van der Waals surface area contributed by atoms with Gasteiger partial charge >= 0.3 is 0 Å². The van der Waals surface area contributed by atoms with Crippen LogP contribution in [0.25, 0.3) is 11.4 Å². The van der Waals surface area contributed by atoms with E-state index < -0.39 is 11.6 Å². The SMILES string of the molecule is CC[C@@H]1C[C@H](n2ccnc2-c2ccc(F)cc2F)CCN1. The van der Waals surface area contributed by atoms with Gasteiger partial charge in [-0.15, -0.1) is 0 Å². The van der Waals surface area contributed by atoms with Gasteiger partial charge in [-0.3, -0.25) is 0 Å². The van der Waals surface area contributed by atoms with Gasteiger partial charge in [0.15, 0.2) is 0 Å². The van der Waals surface area contributed by atoms with Crippen molar-refractivity contribution in [1.29, 1.82) is 0 Å². The maximum Gasteiger partial charge on any atom is 0.143 e. The average molecular weight is 291 g/mol. The average Bonchev–Trinajstić information content (AvgIpc) is 2.96. The Morgan fingerprint density at radius 2 is 2.24 bits per heavy atom. The topological polar surface area (TPSA) is 29.9 Å². The molecule has 1 aromatic heterocycles. The molecular weight excluding hydrogens is 272 g/mol. The highest BCUT2D eigenvalue weighted by atomic mass is 19.1. The Hall–Kier alpha value is -1.75. The van der Waals surface area contributed by atoms with Crippen molar-refractivity contribution in [2.45, 2.75) is 38.3 Å². The van der Waals surface area contributed by atoms with Crippen molar-refractivity contribution >= 4 is 0 Å². The molecule has 1 aliphatic rings. The van der Waals surface area contributed by atoms with Crippen LogP contribution in [0.5, 0.6) is 0 Å². The Kier molecular flexibility index (Phi) is 4.01. The second kappa shape index (κ2) is 5.93. The summed E-state index contributed by atoms with van der Waals surface area (Å²) >= 11 is 0. The quantitative estimate of drug-likeness (QED) is 0.937. The molecule has 2 atom stereocenters. The fourth-order valence-corrected chi connectivity index (χ4v) is 3.03. The molecule has 0 aliphatic carbocycles. The van der Waals surface area contributed by atoms with Crippen LogP contribution in [0.15, 0.2) is 30.6 Å². The summed E-state index contributed by atoms with van der Waals surface area (Å²) in [4.78, 5) is 4.28. The minimum Gasteiger partial charge on any atom is -0.328 e. The molecule has 2 aromatic rings. The zero-order valence-electron chi connectivity index (χ0n) is 12.0. The Morgan fingerprint density at radius 3 is 3.00 bits per heavy atom. The fourth-order valence-electron chi connectivity index (χ4n) is 3.03. The molecule has 5 heteroatoms. The zero-order valence-corrected chi connectivity index (χ0v) is 12.0. The molecule has 1 N–H and O–H groups in total. The Morgan fingerprint density at radius 1 is 1.38 bits per heavy atom. The van der Waals surface area contributed by atoms with Crippen LogP contribution in [0, 0.1) is 11.6 Å². The lowest BCUT2D eigenvalue weighted by Crippen LogP contribution is -2.38. The minimum atomic E-state index is -0.567. The standard InChI is InChI=1S/C16H19F2N3/c1-2-12-10-13(5-6-19-12)21-8-7-20-16(21)14-4-3-11(17)9-15(14)18/h3-4,7-9,12-13,19H,2,5-6,10H2,1H3/t12-,13-/m1/s1. The van der Waals surface area contributed by atoms with Crippen molar-refractivity contribution < 1.29 is 8.78 Å². The third-order valence-corrected chi connectivity index (χ3v) is 4.19. The molecule has 1 aromatic carbocycles. The highest BCUT2D eigenvalue weighted by Crippen LogP contribution is 2.30. The summed E-state index contributed by atoms with van der Waals surface area (Å²) in [6.07, 6.45) is 6.64. The van der Waals surface area contributed by atoms with Crippen LogP contribution < -0.4 is 5.32 Å². The summed E-state index contributed by atoms with van der Waals surface area (Å²) < 4.78 is 29.1. The van der Waals surface area contributed by atoms with Gasteiger partial charge in [0.1, 0.15) is 17.5 Å². The second-order valence-electron chi connectivity index (χ2n) is 5.52. The molecule has 0 unspecified atom stereocenters. The highest BCUT2D eigenvalue weighted by molar-refractivity contribution is 5.56. The molecule has 112 valence electrons. The number of rotatable bonds is 3. The summed E-state index contributed by atoms with van der Waals surface area (Å²) in [5.41, 5.74) is 0.355. The largest absolute Gasteiger partial charge is 0.328 e. The van der Waals surface area contributed by atoms with Gasteiger partial charge < -0.3 is 9.88 Å². The van der Waals surface area contributed by atoms with E-state index in [1.807, 2.05) is 10.8 Å². The predicted octanol–water partition coefficient (Wildman–Crippen LogP) is 3.53. The second-order valence-corrected chi connectivity index (χ2v) is 5.52. The van der Waals surface area contributed by atoms with Crippen molar-refractivity contribution in [3.8, 4) is 11.4 Å². The van der Waals surface area contributed by atoms with Crippen molar-refractivity contribution in [1.82, 2.24) is 14.9 Å². The Balaban J connectivity index is 1.93. The van der Waals surface area contributed by atoms with Gasteiger partial charge in [-0.25, -0.2) is 13.8 Å². The van der Waals surface area contributed by atoms with Gasteiger partial charge in [0.05, 0.1) is 5.56 Å². The van der Waals surface area contributed by atoms with Gasteiger partial charge in [0.25, 0.3) is 0 Å². The maximum absolute atomic E-state index is 14.0. The first kappa shape index (κ1) is 14.2. The van der Waals surface area contributed by atoms with Crippen LogP contribution in [0.1, 0.15) is 32.2 Å². The van der Waals surface area contributed by atoms with Crippen LogP contribution in [-0.4, -0.2) is 22.1 Å². The fraction of sp³-hybridized carbons (Fsp3) is 0.438. The molecule has 0 radical (unpaired) electrons. The van der Waals surface area contributed by atoms with Crippen molar-refractivity contribution in [3.63, 3.8) is 0 Å². The molecule has 3 nitrogen and oxygen atoms in total. The number of nitrogens with zero attached hydrogens (tertiary/aromatic N) is 2. The number of halogens is 2. The van der Waals surface area contributed by atoms with E-state index in [4.69, 9.17) is 0 Å². The summed E-state index contributed by atoms with van der Waals surface area (Å²) in [5.74, 6) is -0.556. The monoisotopic (exact) mass is 291 g/mol. The van der Waals surface area contributed by atoms with Crippen LogP contribution >= 0.6 is 0 Å². The molecule has 1 fully saturated rings. The third-order valence-electron chi connectivity index (χ3n) is 4.19. The normalized spacial score (nSPS) is 22.4. The van der Waals surface area contributed by atoms with E-state index >= 15 is 0 Å². The maximum atomic E-state index is 14.0. The van der Waals surface area contributed by atoms with E-state index in [2.05, 4.69) is 17.2 Å².